The van der Waals surface area contributed by atoms with E-state index >= 15 is 0 Å². The van der Waals surface area contributed by atoms with Gasteiger partial charge >= 0.3 is 0 Å². The van der Waals surface area contributed by atoms with Gasteiger partial charge in [0.1, 0.15) is 6.04 Å². The van der Waals surface area contributed by atoms with E-state index in [9.17, 15) is 18.0 Å². The average Bonchev–Trinajstić information content (AvgIpc) is 2.90. The van der Waals surface area contributed by atoms with Crippen molar-refractivity contribution in [3.8, 4) is 0 Å². The van der Waals surface area contributed by atoms with Gasteiger partial charge in [0.2, 0.25) is 21.8 Å². The third-order valence-corrected chi connectivity index (χ3v) is 7.07. The molecule has 3 rings (SSSR count). The molecule has 0 aliphatic rings. The van der Waals surface area contributed by atoms with Crippen molar-refractivity contribution in [3.63, 3.8) is 0 Å². The van der Waals surface area contributed by atoms with Crippen LogP contribution in [-0.2, 0) is 39.1 Å². The van der Waals surface area contributed by atoms with Gasteiger partial charge in [0.05, 0.1) is 12.8 Å². The quantitative estimate of drug-likeness (QED) is 0.351. The summed E-state index contributed by atoms with van der Waals surface area (Å²) >= 11 is 0. The molecule has 0 spiro atoms. The molecule has 0 unspecified atom stereocenters. The molecule has 3 aromatic carbocycles. The summed E-state index contributed by atoms with van der Waals surface area (Å²) < 4.78 is 26.4. The number of nitrogens with zero attached hydrogens (tertiary/aromatic N) is 2. The Labute approximate surface area is 219 Å². The molecule has 2 amide bonds. The maximum Gasteiger partial charge on any atom is 0.243 e. The molecule has 8 heteroatoms. The lowest BCUT2D eigenvalue weighted by molar-refractivity contribution is -0.141. The minimum Gasteiger partial charge on any atom is -0.351 e. The van der Waals surface area contributed by atoms with E-state index in [0.29, 0.717) is 0 Å². The Morgan fingerprint density at radius 3 is 1.81 bits per heavy atom. The Morgan fingerprint density at radius 1 is 0.838 bits per heavy atom. The van der Waals surface area contributed by atoms with Gasteiger partial charge in [-0.05, 0) is 16.7 Å². The van der Waals surface area contributed by atoms with E-state index in [2.05, 4.69) is 11.9 Å². The van der Waals surface area contributed by atoms with E-state index in [1.165, 1.54) is 4.90 Å². The molecular weight excluding hydrogens is 486 g/mol. The summed E-state index contributed by atoms with van der Waals surface area (Å²) in [6.07, 6.45) is 2.94. The predicted molar refractivity (Wildman–Crippen MR) is 146 cm³/mol. The van der Waals surface area contributed by atoms with Crippen LogP contribution < -0.4 is 5.32 Å². The molecule has 0 radical (unpaired) electrons. The molecule has 3 aromatic rings. The number of rotatable bonds is 13. The van der Waals surface area contributed by atoms with Crippen molar-refractivity contribution in [1.82, 2.24) is 14.5 Å². The van der Waals surface area contributed by atoms with Crippen LogP contribution in [0.2, 0.25) is 0 Å². The van der Waals surface area contributed by atoms with E-state index in [-0.39, 0.29) is 38.5 Å². The SMILES string of the molecule is C=CCNC(=O)[C@@H](Cc1ccccc1)N(Cc1ccccc1)C(=O)CN(Cc1ccccc1)S(C)(=O)=O. The molecule has 0 bridgehead atoms. The van der Waals surface area contributed by atoms with Crippen molar-refractivity contribution in [2.45, 2.75) is 25.6 Å². The first-order valence-electron chi connectivity index (χ1n) is 12.0. The minimum absolute atomic E-state index is 0.0522. The van der Waals surface area contributed by atoms with E-state index in [1.807, 2.05) is 91.0 Å². The van der Waals surface area contributed by atoms with Gasteiger partial charge in [0, 0.05) is 26.1 Å². The maximum atomic E-state index is 13.8. The number of amides is 2. The Bertz CT molecular complexity index is 1270. The van der Waals surface area contributed by atoms with Crippen LogP contribution in [0.15, 0.2) is 104 Å². The third kappa shape index (κ3) is 8.70. The molecular formula is C29H33N3O4S. The highest BCUT2D eigenvalue weighted by Gasteiger charge is 2.32. The van der Waals surface area contributed by atoms with Gasteiger partial charge in [-0.15, -0.1) is 6.58 Å². The van der Waals surface area contributed by atoms with E-state index in [0.717, 1.165) is 27.3 Å². The van der Waals surface area contributed by atoms with Crippen molar-refractivity contribution in [1.29, 1.82) is 0 Å². The standard InChI is InChI=1S/C29H33N3O4S/c1-3-19-30-29(34)27(20-24-13-7-4-8-14-24)32(22-26-17-11-6-12-18-26)28(33)23-31(37(2,35)36)21-25-15-9-5-10-16-25/h3-18,27H,1,19-23H2,2H3,(H,30,34)/t27-/m1/s1. The van der Waals surface area contributed by atoms with Crippen LogP contribution >= 0.6 is 0 Å². The highest BCUT2D eigenvalue weighted by molar-refractivity contribution is 7.88. The van der Waals surface area contributed by atoms with Gasteiger partial charge in [-0.2, -0.15) is 4.31 Å². The lowest BCUT2D eigenvalue weighted by Gasteiger charge is -2.33. The van der Waals surface area contributed by atoms with Gasteiger partial charge in [-0.25, -0.2) is 8.42 Å². The van der Waals surface area contributed by atoms with Crippen molar-refractivity contribution in [2.24, 2.45) is 0 Å². The zero-order valence-electron chi connectivity index (χ0n) is 21.0. The number of nitrogens with one attached hydrogen (secondary N) is 1. The normalized spacial score (nSPS) is 12.1. The fraction of sp³-hybridized carbons (Fsp3) is 0.241. The monoisotopic (exact) mass is 519 g/mol. The molecule has 1 atom stereocenters. The molecule has 0 fully saturated rings. The first-order chi connectivity index (χ1) is 17.8. The fourth-order valence-corrected chi connectivity index (χ4v) is 4.67. The lowest BCUT2D eigenvalue weighted by Crippen LogP contribution is -2.53. The number of benzene rings is 3. The van der Waals surface area contributed by atoms with Crippen LogP contribution in [-0.4, -0.2) is 54.8 Å². The molecule has 0 saturated carbocycles. The number of hydrogen-bond acceptors (Lipinski definition) is 4. The Hall–Kier alpha value is -3.75. The van der Waals surface area contributed by atoms with Crippen molar-refractivity contribution < 1.29 is 18.0 Å². The summed E-state index contributed by atoms with van der Waals surface area (Å²) in [6.45, 7) is 3.73. The predicted octanol–water partition coefficient (Wildman–Crippen LogP) is 3.39. The Kier molecular flexibility index (Phi) is 10.2. The highest BCUT2D eigenvalue weighted by Crippen LogP contribution is 2.17. The van der Waals surface area contributed by atoms with E-state index < -0.39 is 22.0 Å². The lowest BCUT2D eigenvalue weighted by atomic mass is 10.0. The summed E-state index contributed by atoms with van der Waals surface area (Å²) in [5, 5.41) is 2.81. The Balaban J connectivity index is 1.96. The summed E-state index contributed by atoms with van der Waals surface area (Å²) in [6, 6.07) is 27.0. The molecule has 0 saturated heterocycles. The van der Waals surface area contributed by atoms with Gasteiger partial charge in [-0.1, -0.05) is 97.1 Å². The van der Waals surface area contributed by atoms with Crippen LogP contribution in [0.1, 0.15) is 16.7 Å². The van der Waals surface area contributed by atoms with Crippen LogP contribution in [0.3, 0.4) is 0 Å². The van der Waals surface area contributed by atoms with Crippen molar-refractivity contribution in [3.05, 3.63) is 120 Å². The highest BCUT2D eigenvalue weighted by atomic mass is 32.2. The maximum absolute atomic E-state index is 13.8. The van der Waals surface area contributed by atoms with Gasteiger partial charge in [0.25, 0.3) is 0 Å². The molecule has 0 aromatic heterocycles. The molecule has 0 heterocycles. The zero-order chi connectivity index (χ0) is 26.7. The van der Waals surface area contributed by atoms with Crippen LogP contribution in [0.4, 0.5) is 0 Å². The van der Waals surface area contributed by atoms with Gasteiger partial charge < -0.3 is 10.2 Å². The summed E-state index contributed by atoms with van der Waals surface area (Å²) in [5.74, 6) is -0.790. The summed E-state index contributed by atoms with van der Waals surface area (Å²) in [7, 11) is -3.71. The number of hydrogen-bond donors (Lipinski definition) is 1. The zero-order valence-corrected chi connectivity index (χ0v) is 21.8. The average molecular weight is 520 g/mol. The molecule has 0 aliphatic heterocycles. The minimum atomic E-state index is -3.71. The second-order valence-corrected chi connectivity index (χ2v) is 10.7. The van der Waals surface area contributed by atoms with Gasteiger partial charge in [-0.3, -0.25) is 9.59 Å². The summed E-state index contributed by atoms with van der Waals surface area (Å²) in [5.41, 5.74) is 2.48. The molecule has 37 heavy (non-hydrogen) atoms. The third-order valence-electron chi connectivity index (χ3n) is 5.87. The molecule has 1 N–H and O–H groups in total. The summed E-state index contributed by atoms with van der Waals surface area (Å²) in [4.78, 5) is 28.6. The number of sulfonamides is 1. The van der Waals surface area contributed by atoms with Crippen molar-refractivity contribution >= 4 is 21.8 Å². The molecule has 194 valence electrons. The van der Waals surface area contributed by atoms with Crippen LogP contribution in [0, 0.1) is 0 Å². The smallest absolute Gasteiger partial charge is 0.243 e. The number of carbonyl (C=O) groups excluding carboxylic acids is 2. The van der Waals surface area contributed by atoms with Crippen LogP contribution in [0.5, 0.6) is 0 Å². The van der Waals surface area contributed by atoms with E-state index in [1.54, 1.807) is 6.08 Å². The second kappa shape index (κ2) is 13.5. The number of carbonyl (C=O) groups is 2. The fourth-order valence-electron chi connectivity index (χ4n) is 3.94. The van der Waals surface area contributed by atoms with Gasteiger partial charge in [0.15, 0.2) is 0 Å². The first kappa shape index (κ1) is 27.8. The Morgan fingerprint density at radius 2 is 1.32 bits per heavy atom. The first-order valence-corrected chi connectivity index (χ1v) is 13.9. The van der Waals surface area contributed by atoms with Crippen LogP contribution in [0.25, 0.3) is 0 Å². The topological polar surface area (TPSA) is 86.8 Å². The largest absolute Gasteiger partial charge is 0.351 e. The molecule has 7 nitrogen and oxygen atoms in total. The molecule has 0 aliphatic carbocycles. The second-order valence-electron chi connectivity index (χ2n) is 8.76. The van der Waals surface area contributed by atoms with Crippen molar-refractivity contribution in [2.75, 3.05) is 19.3 Å². The van der Waals surface area contributed by atoms with E-state index in [4.69, 9.17) is 0 Å².